The molecule has 1 heterocycles. The van der Waals surface area contributed by atoms with Crippen LogP contribution in [0.25, 0.3) is 10.9 Å². The molecular weight excluding hydrogens is 293 g/mol. The minimum Gasteiger partial charge on any atom is -0.385 e. The molecule has 0 saturated heterocycles. The Morgan fingerprint density at radius 1 is 1.14 bits per heavy atom. The van der Waals surface area contributed by atoms with Gasteiger partial charge in [0.2, 0.25) is 0 Å². The summed E-state index contributed by atoms with van der Waals surface area (Å²) in [5.74, 6) is 0. The predicted molar refractivity (Wildman–Crippen MR) is 79.5 cm³/mol. The Kier molecular flexibility index (Phi) is 4.44. The third-order valence-corrected chi connectivity index (χ3v) is 3.21. The summed E-state index contributed by atoms with van der Waals surface area (Å²) >= 11 is 0. The van der Waals surface area contributed by atoms with E-state index in [1.54, 1.807) is 18.2 Å². The molecule has 1 aromatic heterocycles. The number of rotatable bonds is 3. The van der Waals surface area contributed by atoms with E-state index in [0.29, 0.717) is 5.39 Å². The van der Waals surface area contributed by atoms with Gasteiger partial charge in [0.15, 0.2) is 0 Å². The number of aliphatic hydroxyl groups excluding tert-OH is 1. The van der Waals surface area contributed by atoms with Crippen LogP contribution in [0.15, 0.2) is 30.3 Å². The van der Waals surface area contributed by atoms with E-state index >= 15 is 0 Å². The van der Waals surface area contributed by atoms with Gasteiger partial charge in [0, 0.05) is 17.5 Å². The Morgan fingerprint density at radius 3 is 2.41 bits per heavy atom. The molecular formula is C16H19F3N2O. The Balaban J connectivity index is 2.37. The van der Waals surface area contributed by atoms with Gasteiger partial charge >= 0.3 is 6.18 Å². The highest BCUT2D eigenvalue weighted by Crippen LogP contribution is 2.34. The molecule has 22 heavy (non-hydrogen) atoms. The van der Waals surface area contributed by atoms with Crippen molar-refractivity contribution in [2.75, 3.05) is 6.54 Å². The van der Waals surface area contributed by atoms with Crippen molar-refractivity contribution < 1.29 is 18.3 Å². The number of aromatic nitrogens is 1. The van der Waals surface area contributed by atoms with Crippen molar-refractivity contribution in [3.8, 4) is 0 Å². The van der Waals surface area contributed by atoms with Gasteiger partial charge in [-0.05, 0) is 32.9 Å². The molecule has 0 spiro atoms. The van der Waals surface area contributed by atoms with E-state index in [2.05, 4.69) is 10.3 Å². The van der Waals surface area contributed by atoms with Gasteiger partial charge in [-0.25, -0.2) is 4.98 Å². The normalized spacial score (nSPS) is 14.3. The van der Waals surface area contributed by atoms with Crippen molar-refractivity contribution in [1.82, 2.24) is 10.3 Å². The monoisotopic (exact) mass is 312 g/mol. The van der Waals surface area contributed by atoms with Crippen LogP contribution < -0.4 is 5.32 Å². The first-order valence-electron chi connectivity index (χ1n) is 6.98. The molecule has 0 unspecified atom stereocenters. The number of alkyl halides is 3. The van der Waals surface area contributed by atoms with E-state index in [9.17, 15) is 18.3 Å². The zero-order chi connectivity index (χ0) is 16.5. The van der Waals surface area contributed by atoms with Crippen LogP contribution in [0, 0.1) is 0 Å². The van der Waals surface area contributed by atoms with Crippen LogP contribution in [-0.4, -0.2) is 22.2 Å². The fourth-order valence-corrected chi connectivity index (χ4v) is 2.08. The lowest BCUT2D eigenvalue weighted by atomic mass is 10.1. The lowest BCUT2D eigenvalue weighted by molar-refractivity contribution is -0.136. The number of aliphatic hydroxyl groups is 1. The van der Waals surface area contributed by atoms with Crippen molar-refractivity contribution in [2.45, 2.75) is 38.6 Å². The van der Waals surface area contributed by atoms with Gasteiger partial charge in [-0.2, -0.15) is 13.2 Å². The van der Waals surface area contributed by atoms with Crippen molar-refractivity contribution in [3.63, 3.8) is 0 Å². The largest absolute Gasteiger partial charge is 0.418 e. The third kappa shape index (κ3) is 3.96. The number of halogens is 3. The second-order valence-electron chi connectivity index (χ2n) is 6.26. The Morgan fingerprint density at radius 2 is 1.82 bits per heavy atom. The summed E-state index contributed by atoms with van der Waals surface area (Å²) in [7, 11) is 0. The first kappa shape index (κ1) is 16.7. The van der Waals surface area contributed by atoms with Gasteiger partial charge in [-0.3, -0.25) is 0 Å². The van der Waals surface area contributed by atoms with E-state index in [1.807, 2.05) is 20.8 Å². The van der Waals surface area contributed by atoms with Gasteiger partial charge in [-0.15, -0.1) is 0 Å². The molecule has 0 aliphatic carbocycles. The molecule has 1 atom stereocenters. The molecule has 0 bridgehead atoms. The number of β-amino-alcohol motifs (C(OH)–C–C–N with tert-alkyl or cyclic N) is 1. The lowest BCUT2D eigenvalue weighted by Crippen LogP contribution is -2.38. The van der Waals surface area contributed by atoms with Crippen molar-refractivity contribution >= 4 is 10.9 Å². The van der Waals surface area contributed by atoms with Crippen LogP contribution in [0.4, 0.5) is 13.2 Å². The number of nitrogens with zero attached hydrogens (tertiary/aromatic N) is 1. The summed E-state index contributed by atoms with van der Waals surface area (Å²) in [6.07, 6.45) is -5.44. The molecule has 0 aliphatic rings. The van der Waals surface area contributed by atoms with Crippen LogP contribution in [0.1, 0.15) is 38.1 Å². The molecule has 0 amide bonds. The van der Waals surface area contributed by atoms with Gasteiger partial charge in [0.05, 0.1) is 16.8 Å². The molecule has 0 aliphatic heterocycles. The van der Waals surface area contributed by atoms with Crippen LogP contribution in [0.5, 0.6) is 0 Å². The lowest BCUT2D eigenvalue weighted by Gasteiger charge is -2.23. The molecule has 0 saturated carbocycles. The summed E-state index contributed by atoms with van der Waals surface area (Å²) in [6.45, 7) is 6.04. The van der Waals surface area contributed by atoms with Gasteiger partial charge in [0.25, 0.3) is 0 Å². The quantitative estimate of drug-likeness (QED) is 0.909. The number of nitrogens with one attached hydrogen (secondary N) is 1. The molecule has 120 valence electrons. The maximum absolute atomic E-state index is 13.0. The summed E-state index contributed by atoms with van der Waals surface area (Å²) in [5.41, 5.74) is -0.902. The fraction of sp³-hybridized carbons (Fsp3) is 0.438. The fourth-order valence-electron chi connectivity index (χ4n) is 2.08. The van der Waals surface area contributed by atoms with Crippen LogP contribution >= 0.6 is 0 Å². The number of hydrogen-bond acceptors (Lipinski definition) is 3. The standard InChI is InChI=1S/C16H19F3N2O/c1-15(2,3)20-9-13(22)12-8-7-10-5-4-6-11(14(10)21-12)16(17,18)19/h4-8,13,20,22H,9H2,1-3H3/t13-/m1/s1. The number of benzene rings is 1. The van der Waals surface area contributed by atoms with E-state index in [0.717, 1.165) is 6.07 Å². The maximum Gasteiger partial charge on any atom is 0.418 e. The molecule has 2 N–H and O–H groups in total. The summed E-state index contributed by atoms with van der Waals surface area (Å²) in [6, 6.07) is 7.02. The number of para-hydroxylation sites is 1. The van der Waals surface area contributed by atoms with Crippen LogP contribution in [0.3, 0.4) is 0 Å². The predicted octanol–water partition coefficient (Wildman–Crippen LogP) is 3.68. The zero-order valence-electron chi connectivity index (χ0n) is 12.7. The van der Waals surface area contributed by atoms with Crippen molar-refractivity contribution in [3.05, 3.63) is 41.6 Å². The van der Waals surface area contributed by atoms with E-state index in [-0.39, 0.29) is 23.3 Å². The smallest absolute Gasteiger partial charge is 0.385 e. The molecule has 0 fully saturated rings. The topological polar surface area (TPSA) is 45.1 Å². The van der Waals surface area contributed by atoms with Gasteiger partial charge < -0.3 is 10.4 Å². The molecule has 1 aromatic carbocycles. The number of fused-ring (bicyclic) bond motifs is 1. The average molecular weight is 312 g/mol. The summed E-state index contributed by atoms with van der Waals surface area (Å²) in [4.78, 5) is 4.03. The highest BCUT2D eigenvalue weighted by atomic mass is 19.4. The average Bonchev–Trinajstić information content (AvgIpc) is 2.41. The van der Waals surface area contributed by atoms with E-state index in [1.165, 1.54) is 6.07 Å². The SMILES string of the molecule is CC(C)(C)NC[C@@H](O)c1ccc2cccc(C(F)(F)F)c2n1. The Labute approximate surface area is 127 Å². The zero-order valence-corrected chi connectivity index (χ0v) is 12.7. The van der Waals surface area contributed by atoms with E-state index < -0.39 is 17.8 Å². The van der Waals surface area contributed by atoms with Crippen molar-refractivity contribution in [2.24, 2.45) is 0 Å². The molecule has 2 aromatic rings. The summed E-state index contributed by atoms with van der Waals surface area (Å²) < 4.78 is 39.1. The maximum atomic E-state index is 13.0. The second-order valence-corrected chi connectivity index (χ2v) is 6.26. The Bertz CT molecular complexity index is 662. The van der Waals surface area contributed by atoms with Gasteiger partial charge in [-0.1, -0.05) is 18.2 Å². The second kappa shape index (κ2) is 5.85. The Hall–Kier alpha value is -1.66. The van der Waals surface area contributed by atoms with E-state index in [4.69, 9.17) is 0 Å². The number of pyridine rings is 1. The molecule has 6 heteroatoms. The minimum atomic E-state index is -4.47. The van der Waals surface area contributed by atoms with Crippen LogP contribution in [-0.2, 0) is 6.18 Å². The first-order chi connectivity index (χ1) is 10.1. The van der Waals surface area contributed by atoms with Crippen LogP contribution in [0.2, 0.25) is 0 Å². The minimum absolute atomic E-state index is 0.137. The number of hydrogen-bond donors (Lipinski definition) is 2. The first-order valence-corrected chi connectivity index (χ1v) is 6.98. The molecule has 2 rings (SSSR count). The van der Waals surface area contributed by atoms with Crippen molar-refractivity contribution in [1.29, 1.82) is 0 Å². The highest BCUT2D eigenvalue weighted by molar-refractivity contribution is 5.82. The third-order valence-electron chi connectivity index (χ3n) is 3.21. The summed E-state index contributed by atoms with van der Waals surface area (Å²) in [5, 5.41) is 13.6. The molecule has 0 radical (unpaired) electrons. The molecule has 3 nitrogen and oxygen atoms in total. The van der Waals surface area contributed by atoms with Gasteiger partial charge in [0.1, 0.15) is 6.10 Å². The highest BCUT2D eigenvalue weighted by Gasteiger charge is 2.33.